The van der Waals surface area contributed by atoms with E-state index in [-0.39, 0.29) is 0 Å². The quantitative estimate of drug-likeness (QED) is 0.408. The van der Waals surface area contributed by atoms with Crippen LogP contribution in [0.5, 0.6) is 0 Å². The Bertz CT molecular complexity index is 156. The molecule has 1 nitrogen and oxygen atoms in total. The third-order valence-corrected chi connectivity index (χ3v) is 2.72. The number of unbranched alkanes of at least 4 members (excludes halogenated alkanes) is 1. The number of ether oxygens (including phenoxy) is 1. The highest BCUT2D eigenvalue weighted by atomic mass is 32.1. The summed E-state index contributed by atoms with van der Waals surface area (Å²) in [6.07, 6.45) is 9.62. The second-order valence-electron chi connectivity index (χ2n) is 3.80. The third kappa shape index (κ3) is 4.72. The largest absolute Gasteiger partial charge is 0.378 e. The Morgan fingerprint density at radius 3 is 3.00 bits per heavy atom. The summed E-state index contributed by atoms with van der Waals surface area (Å²) >= 11 is 4.17. The maximum Gasteiger partial charge on any atom is 0.0615 e. The molecule has 0 N–H and O–H groups in total. The maximum absolute atomic E-state index is 5.77. The molecule has 0 aromatic carbocycles. The van der Waals surface area contributed by atoms with Gasteiger partial charge in [0.05, 0.1) is 6.10 Å². The van der Waals surface area contributed by atoms with E-state index in [4.69, 9.17) is 4.74 Å². The Kier molecular flexibility index (Phi) is 5.56. The monoisotopic (exact) mass is 200 g/mol. The average Bonchev–Trinajstić information content (AvgIpc) is 2.13. The Morgan fingerprint density at radius 2 is 2.31 bits per heavy atom. The fourth-order valence-electron chi connectivity index (χ4n) is 1.65. The van der Waals surface area contributed by atoms with Crippen molar-refractivity contribution in [2.24, 2.45) is 5.92 Å². The molecule has 0 bridgehead atoms. The SMILES string of the molecule is CC1C=CCC(OCCCCS)C1. The Hall–Kier alpha value is 0.0500. The lowest BCUT2D eigenvalue weighted by molar-refractivity contribution is 0.0384. The first-order valence-electron chi connectivity index (χ1n) is 5.22. The highest BCUT2D eigenvalue weighted by molar-refractivity contribution is 7.80. The molecule has 2 heteroatoms. The summed E-state index contributed by atoms with van der Waals surface area (Å²) < 4.78 is 5.77. The van der Waals surface area contributed by atoms with E-state index in [0.717, 1.165) is 25.2 Å². The van der Waals surface area contributed by atoms with Crippen LogP contribution in [-0.4, -0.2) is 18.5 Å². The van der Waals surface area contributed by atoms with Gasteiger partial charge in [0.25, 0.3) is 0 Å². The molecule has 1 rings (SSSR count). The highest BCUT2D eigenvalue weighted by Gasteiger charge is 2.14. The fourth-order valence-corrected chi connectivity index (χ4v) is 1.88. The van der Waals surface area contributed by atoms with Gasteiger partial charge >= 0.3 is 0 Å². The van der Waals surface area contributed by atoms with Crippen LogP contribution in [0.2, 0.25) is 0 Å². The lowest BCUT2D eigenvalue weighted by Gasteiger charge is -2.22. The minimum absolute atomic E-state index is 0.472. The summed E-state index contributed by atoms with van der Waals surface area (Å²) in [6.45, 7) is 3.16. The van der Waals surface area contributed by atoms with Crippen LogP contribution in [0.25, 0.3) is 0 Å². The molecule has 1 aliphatic carbocycles. The van der Waals surface area contributed by atoms with Crippen LogP contribution in [0.3, 0.4) is 0 Å². The van der Waals surface area contributed by atoms with E-state index in [1.165, 1.54) is 12.8 Å². The van der Waals surface area contributed by atoms with Gasteiger partial charge in [0, 0.05) is 6.61 Å². The van der Waals surface area contributed by atoms with Crippen LogP contribution in [-0.2, 0) is 4.74 Å². The van der Waals surface area contributed by atoms with Crippen molar-refractivity contribution in [3.63, 3.8) is 0 Å². The molecule has 0 fully saturated rings. The molecule has 2 unspecified atom stereocenters. The molecule has 76 valence electrons. The number of hydrogen-bond donors (Lipinski definition) is 1. The summed E-state index contributed by atoms with van der Waals surface area (Å²) in [5.41, 5.74) is 0. The first-order chi connectivity index (χ1) is 6.33. The van der Waals surface area contributed by atoms with Crippen LogP contribution >= 0.6 is 12.6 Å². The molecular formula is C11H20OS. The standard InChI is InChI=1S/C11H20OS/c1-10-5-4-6-11(9-10)12-7-2-3-8-13/h4-5,10-11,13H,2-3,6-9H2,1H3. The second-order valence-corrected chi connectivity index (χ2v) is 4.25. The zero-order valence-corrected chi connectivity index (χ0v) is 9.30. The fraction of sp³-hybridized carbons (Fsp3) is 0.818. The molecule has 0 amide bonds. The molecule has 0 spiro atoms. The van der Waals surface area contributed by atoms with Gasteiger partial charge in [-0.3, -0.25) is 0 Å². The summed E-state index contributed by atoms with van der Waals surface area (Å²) in [4.78, 5) is 0. The molecule has 0 aliphatic heterocycles. The van der Waals surface area contributed by atoms with Gasteiger partial charge in [-0.2, -0.15) is 12.6 Å². The van der Waals surface area contributed by atoms with Crippen molar-refractivity contribution in [3.05, 3.63) is 12.2 Å². The van der Waals surface area contributed by atoms with E-state index in [9.17, 15) is 0 Å². The van der Waals surface area contributed by atoms with Crippen LogP contribution < -0.4 is 0 Å². The summed E-state index contributed by atoms with van der Waals surface area (Å²) in [5, 5.41) is 0. The van der Waals surface area contributed by atoms with E-state index in [0.29, 0.717) is 12.0 Å². The first-order valence-corrected chi connectivity index (χ1v) is 5.85. The smallest absolute Gasteiger partial charge is 0.0615 e. The third-order valence-electron chi connectivity index (χ3n) is 2.40. The van der Waals surface area contributed by atoms with Crippen LogP contribution in [0.4, 0.5) is 0 Å². The molecular weight excluding hydrogens is 180 g/mol. The molecule has 0 aromatic heterocycles. The zero-order chi connectivity index (χ0) is 9.52. The molecule has 2 atom stereocenters. The van der Waals surface area contributed by atoms with Gasteiger partial charge in [-0.1, -0.05) is 19.1 Å². The zero-order valence-electron chi connectivity index (χ0n) is 8.41. The van der Waals surface area contributed by atoms with Crippen molar-refractivity contribution in [2.45, 2.75) is 38.7 Å². The van der Waals surface area contributed by atoms with Crippen molar-refractivity contribution < 1.29 is 4.74 Å². The average molecular weight is 200 g/mol. The second kappa shape index (κ2) is 6.50. The van der Waals surface area contributed by atoms with Crippen molar-refractivity contribution in [1.29, 1.82) is 0 Å². The Morgan fingerprint density at radius 1 is 1.46 bits per heavy atom. The Balaban J connectivity index is 2.05. The summed E-state index contributed by atoms with van der Waals surface area (Å²) in [6, 6.07) is 0. The summed E-state index contributed by atoms with van der Waals surface area (Å²) in [5.74, 6) is 1.67. The van der Waals surface area contributed by atoms with Crippen LogP contribution in [0.15, 0.2) is 12.2 Å². The van der Waals surface area contributed by atoms with E-state index in [1.54, 1.807) is 0 Å². The van der Waals surface area contributed by atoms with Gasteiger partial charge in [0.15, 0.2) is 0 Å². The van der Waals surface area contributed by atoms with Crippen LogP contribution in [0, 0.1) is 5.92 Å². The van der Waals surface area contributed by atoms with Gasteiger partial charge in [0.1, 0.15) is 0 Å². The topological polar surface area (TPSA) is 9.23 Å². The van der Waals surface area contributed by atoms with E-state index >= 15 is 0 Å². The van der Waals surface area contributed by atoms with E-state index in [2.05, 4.69) is 31.7 Å². The van der Waals surface area contributed by atoms with Crippen molar-refractivity contribution >= 4 is 12.6 Å². The molecule has 13 heavy (non-hydrogen) atoms. The van der Waals surface area contributed by atoms with Crippen molar-refractivity contribution in [1.82, 2.24) is 0 Å². The van der Waals surface area contributed by atoms with E-state index < -0.39 is 0 Å². The summed E-state index contributed by atoms with van der Waals surface area (Å²) in [7, 11) is 0. The molecule has 1 aliphatic rings. The maximum atomic E-state index is 5.77. The predicted molar refractivity (Wildman–Crippen MR) is 60.4 cm³/mol. The van der Waals surface area contributed by atoms with Gasteiger partial charge in [0.2, 0.25) is 0 Å². The normalized spacial score (nSPS) is 27.8. The number of thiol groups is 1. The van der Waals surface area contributed by atoms with Gasteiger partial charge in [-0.05, 0) is 37.4 Å². The van der Waals surface area contributed by atoms with Crippen molar-refractivity contribution in [3.8, 4) is 0 Å². The molecule has 0 aromatic rings. The number of rotatable bonds is 5. The van der Waals surface area contributed by atoms with Crippen LogP contribution in [0.1, 0.15) is 32.6 Å². The van der Waals surface area contributed by atoms with E-state index in [1.807, 2.05) is 0 Å². The minimum atomic E-state index is 0.472. The van der Waals surface area contributed by atoms with Gasteiger partial charge in [-0.15, -0.1) is 0 Å². The molecule has 0 heterocycles. The number of hydrogen-bond acceptors (Lipinski definition) is 2. The molecule has 0 saturated carbocycles. The minimum Gasteiger partial charge on any atom is -0.378 e. The van der Waals surface area contributed by atoms with Gasteiger partial charge < -0.3 is 4.74 Å². The lowest BCUT2D eigenvalue weighted by Crippen LogP contribution is -2.18. The molecule has 0 saturated heterocycles. The first kappa shape index (κ1) is 11.1. The number of allylic oxidation sites excluding steroid dienone is 1. The molecule has 0 radical (unpaired) electrons. The highest BCUT2D eigenvalue weighted by Crippen LogP contribution is 2.19. The van der Waals surface area contributed by atoms with Gasteiger partial charge in [-0.25, -0.2) is 0 Å². The predicted octanol–water partition coefficient (Wildman–Crippen LogP) is 3.07. The van der Waals surface area contributed by atoms with Crippen molar-refractivity contribution in [2.75, 3.05) is 12.4 Å². The Labute approximate surface area is 87.0 Å². The lowest BCUT2D eigenvalue weighted by atomic mass is 9.95.